The largest absolute Gasteiger partial charge is 0.456 e. The highest BCUT2D eigenvalue weighted by Gasteiger charge is 2.29. The van der Waals surface area contributed by atoms with Crippen molar-refractivity contribution in [3.05, 3.63) is 23.7 Å². The first kappa shape index (κ1) is 18.0. The molecule has 2 aliphatic rings. The lowest BCUT2D eigenvalue weighted by molar-refractivity contribution is -0.135. The zero-order valence-corrected chi connectivity index (χ0v) is 15.5. The second-order valence-corrected chi connectivity index (χ2v) is 7.72. The number of piperazine rings is 1. The van der Waals surface area contributed by atoms with E-state index >= 15 is 0 Å². The van der Waals surface area contributed by atoms with E-state index in [4.69, 9.17) is 4.42 Å². The molecule has 0 aliphatic carbocycles. The molecule has 0 aromatic carbocycles. The maximum atomic E-state index is 12.6. The molecule has 0 bridgehead atoms. The van der Waals surface area contributed by atoms with Gasteiger partial charge in [0.25, 0.3) is 5.91 Å². The van der Waals surface area contributed by atoms with Crippen molar-refractivity contribution in [2.24, 2.45) is 11.8 Å². The third kappa shape index (κ3) is 4.42. The fourth-order valence-corrected chi connectivity index (χ4v) is 3.97. The summed E-state index contributed by atoms with van der Waals surface area (Å²) in [4.78, 5) is 31.0. The van der Waals surface area contributed by atoms with Crippen LogP contribution in [0.25, 0.3) is 0 Å². The van der Waals surface area contributed by atoms with Crippen molar-refractivity contribution in [3.63, 3.8) is 0 Å². The molecule has 138 valence electrons. The van der Waals surface area contributed by atoms with Crippen molar-refractivity contribution in [1.82, 2.24) is 14.7 Å². The van der Waals surface area contributed by atoms with Crippen molar-refractivity contribution in [2.45, 2.75) is 27.2 Å². The molecule has 0 N–H and O–H groups in total. The number of carbonyl (C=O) groups is 2. The summed E-state index contributed by atoms with van der Waals surface area (Å²) in [7, 11) is 0. The predicted octanol–water partition coefficient (Wildman–Crippen LogP) is 1.85. The molecule has 6 nitrogen and oxygen atoms in total. The van der Waals surface area contributed by atoms with Gasteiger partial charge in [0.1, 0.15) is 5.76 Å². The molecule has 0 radical (unpaired) electrons. The molecule has 2 atom stereocenters. The zero-order valence-electron chi connectivity index (χ0n) is 15.5. The van der Waals surface area contributed by atoms with Gasteiger partial charge >= 0.3 is 0 Å². The van der Waals surface area contributed by atoms with Crippen LogP contribution in [0.15, 0.2) is 16.5 Å². The van der Waals surface area contributed by atoms with Crippen molar-refractivity contribution in [2.75, 3.05) is 45.8 Å². The fourth-order valence-electron chi connectivity index (χ4n) is 3.97. The van der Waals surface area contributed by atoms with E-state index in [0.717, 1.165) is 31.9 Å². The molecule has 0 saturated carbocycles. The standard InChI is InChI=1S/C19H29N3O3/c1-14-10-15(2)12-22(11-14)18(23)13-20-6-8-21(9-7-20)19(24)17-5-4-16(3)25-17/h4-5,14-15H,6-13H2,1-3H3. The number of aryl methyl sites for hydroxylation is 1. The Hall–Kier alpha value is -1.82. The molecule has 2 saturated heterocycles. The second-order valence-electron chi connectivity index (χ2n) is 7.72. The lowest BCUT2D eigenvalue weighted by Gasteiger charge is -2.38. The highest BCUT2D eigenvalue weighted by atomic mass is 16.3. The van der Waals surface area contributed by atoms with Crippen molar-refractivity contribution in [3.8, 4) is 0 Å². The van der Waals surface area contributed by atoms with Crippen LogP contribution >= 0.6 is 0 Å². The first-order valence-corrected chi connectivity index (χ1v) is 9.28. The van der Waals surface area contributed by atoms with Gasteiger partial charge in [-0.2, -0.15) is 0 Å². The summed E-state index contributed by atoms with van der Waals surface area (Å²) < 4.78 is 5.42. The van der Waals surface area contributed by atoms with E-state index in [0.29, 0.717) is 37.2 Å². The van der Waals surface area contributed by atoms with Gasteiger partial charge in [-0.1, -0.05) is 13.8 Å². The Kier molecular flexibility index (Phi) is 5.47. The average molecular weight is 347 g/mol. The number of carbonyl (C=O) groups excluding carboxylic acids is 2. The van der Waals surface area contributed by atoms with E-state index in [1.54, 1.807) is 6.07 Å². The Bertz CT molecular complexity index is 609. The first-order valence-electron chi connectivity index (χ1n) is 9.28. The minimum atomic E-state index is -0.0576. The number of likely N-dealkylation sites (tertiary alicyclic amines) is 1. The summed E-state index contributed by atoms with van der Waals surface area (Å²) in [6.07, 6.45) is 1.21. The normalized spacial score (nSPS) is 25.2. The molecule has 3 heterocycles. The number of furan rings is 1. The topological polar surface area (TPSA) is 57.0 Å². The van der Waals surface area contributed by atoms with Gasteiger partial charge in [0, 0.05) is 39.3 Å². The molecule has 1 aromatic rings. The van der Waals surface area contributed by atoms with Gasteiger partial charge in [-0.05, 0) is 37.3 Å². The molecule has 2 aliphatic heterocycles. The zero-order chi connectivity index (χ0) is 18.0. The van der Waals surface area contributed by atoms with Crippen LogP contribution in [0.2, 0.25) is 0 Å². The molecule has 0 spiro atoms. The van der Waals surface area contributed by atoms with Crippen LogP contribution in [-0.2, 0) is 4.79 Å². The van der Waals surface area contributed by atoms with E-state index in [1.807, 2.05) is 22.8 Å². The van der Waals surface area contributed by atoms with Crippen LogP contribution < -0.4 is 0 Å². The predicted molar refractivity (Wildman–Crippen MR) is 95.3 cm³/mol. The molecule has 2 unspecified atom stereocenters. The molecule has 1 aromatic heterocycles. The van der Waals surface area contributed by atoms with Crippen molar-refractivity contribution < 1.29 is 14.0 Å². The molecule has 3 rings (SSSR count). The lowest BCUT2D eigenvalue weighted by atomic mass is 9.92. The minimum absolute atomic E-state index is 0.0576. The molecule has 6 heteroatoms. The van der Waals surface area contributed by atoms with Crippen LogP contribution in [-0.4, -0.2) is 72.3 Å². The summed E-state index contributed by atoms with van der Waals surface area (Å²) in [6.45, 7) is 11.2. The molecule has 2 fully saturated rings. The minimum Gasteiger partial charge on any atom is -0.456 e. The quantitative estimate of drug-likeness (QED) is 0.837. The van der Waals surface area contributed by atoms with Crippen molar-refractivity contribution in [1.29, 1.82) is 0 Å². The smallest absolute Gasteiger partial charge is 0.289 e. The van der Waals surface area contributed by atoms with Crippen molar-refractivity contribution >= 4 is 11.8 Å². The Morgan fingerprint density at radius 1 is 1.04 bits per heavy atom. The van der Waals surface area contributed by atoms with Gasteiger partial charge in [0.15, 0.2) is 5.76 Å². The van der Waals surface area contributed by atoms with E-state index in [2.05, 4.69) is 18.7 Å². The number of rotatable bonds is 3. The van der Waals surface area contributed by atoms with E-state index < -0.39 is 0 Å². The number of hydrogen-bond acceptors (Lipinski definition) is 4. The maximum Gasteiger partial charge on any atom is 0.289 e. The van der Waals surface area contributed by atoms with Gasteiger partial charge in [-0.25, -0.2) is 0 Å². The van der Waals surface area contributed by atoms with Gasteiger partial charge in [0.05, 0.1) is 6.54 Å². The summed E-state index contributed by atoms with van der Waals surface area (Å²) in [6, 6.07) is 3.54. The third-order valence-corrected chi connectivity index (χ3v) is 5.19. The van der Waals surface area contributed by atoms with Crippen LogP contribution in [0.1, 0.15) is 36.6 Å². The molecular weight excluding hydrogens is 318 g/mol. The number of hydrogen-bond donors (Lipinski definition) is 0. The number of amides is 2. The van der Waals surface area contributed by atoms with Gasteiger partial charge in [-0.3, -0.25) is 14.5 Å². The summed E-state index contributed by atoms with van der Waals surface area (Å²) in [5.74, 6) is 2.48. The molecular formula is C19H29N3O3. The van der Waals surface area contributed by atoms with Crippen LogP contribution in [0.3, 0.4) is 0 Å². The van der Waals surface area contributed by atoms with E-state index in [9.17, 15) is 9.59 Å². The number of piperidine rings is 1. The summed E-state index contributed by atoms with van der Waals surface area (Å²) in [5.41, 5.74) is 0. The third-order valence-electron chi connectivity index (χ3n) is 5.19. The van der Waals surface area contributed by atoms with Gasteiger partial charge in [-0.15, -0.1) is 0 Å². The second kappa shape index (κ2) is 7.60. The van der Waals surface area contributed by atoms with E-state index in [1.165, 1.54) is 6.42 Å². The fraction of sp³-hybridized carbons (Fsp3) is 0.684. The van der Waals surface area contributed by atoms with Gasteiger partial charge in [0.2, 0.25) is 5.91 Å². The highest BCUT2D eigenvalue weighted by Crippen LogP contribution is 2.21. The molecule has 25 heavy (non-hydrogen) atoms. The van der Waals surface area contributed by atoms with Crippen LogP contribution in [0.4, 0.5) is 0 Å². The Labute approximate surface area is 149 Å². The maximum absolute atomic E-state index is 12.6. The average Bonchev–Trinajstić information content (AvgIpc) is 3.00. The number of nitrogens with zero attached hydrogens (tertiary/aromatic N) is 3. The summed E-state index contributed by atoms with van der Waals surface area (Å²) >= 11 is 0. The summed E-state index contributed by atoms with van der Waals surface area (Å²) in [5, 5.41) is 0. The Balaban J connectivity index is 1.47. The SMILES string of the molecule is Cc1ccc(C(=O)N2CCN(CC(=O)N3CC(C)CC(C)C3)CC2)o1. The van der Waals surface area contributed by atoms with Gasteiger partial charge < -0.3 is 14.2 Å². The lowest BCUT2D eigenvalue weighted by Crippen LogP contribution is -2.53. The van der Waals surface area contributed by atoms with E-state index in [-0.39, 0.29) is 11.8 Å². The highest BCUT2D eigenvalue weighted by molar-refractivity contribution is 5.91. The first-order chi connectivity index (χ1) is 11.9. The monoisotopic (exact) mass is 347 g/mol. The molecule has 2 amide bonds. The Morgan fingerprint density at radius 2 is 1.68 bits per heavy atom. The van der Waals surface area contributed by atoms with Crippen LogP contribution in [0, 0.1) is 18.8 Å². The van der Waals surface area contributed by atoms with Crippen LogP contribution in [0.5, 0.6) is 0 Å². The Morgan fingerprint density at radius 3 is 2.24 bits per heavy atom.